The van der Waals surface area contributed by atoms with E-state index in [1.807, 2.05) is 60.7 Å². The summed E-state index contributed by atoms with van der Waals surface area (Å²) in [6, 6.07) is 19.2. The fourth-order valence-electron chi connectivity index (χ4n) is 3.20. The Morgan fingerprint density at radius 3 is 2.13 bits per heavy atom. The van der Waals surface area contributed by atoms with Crippen LogP contribution in [0.2, 0.25) is 18.1 Å². The smallest absolute Gasteiger partial charge is 0.228 e. The third-order valence-corrected chi connectivity index (χ3v) is 10.6. The molecular formula is C26H32O3Si. The van der Waals surface area contributed by atoms with Gasteiger partial charge >= 0.3 is 0 Å². The molecule has 0 bridgehead atoms. The predicted molar refractivity (Wildman–Crippen MR) is 126 cm³/mol. The molecule has 0 radical (unpaired) electrons. The van der Waals surface area contributed by atoms with E-state index in [4.69, 9.17) is 9.16 Å². The molecule has 1 heterocycles. The van der Waals surface area contributed by atoms with Crippen LogP contribution in [-0.2, 0) is 9.16 Å². The summed E-state index contributed by atoms with van der Waals surface area (Å²) < 4.78 is 12.7. The van der Waals surface area contributed by atoms with Gasteiger partial charge < -0.3 is 9.16 Å². The van der Waals surface area contributed by atoms with Gasteiger partial charge in [0, 0.05) is 11.1 Å². The van der Waals surface area contributed by atoms with Crippen LogP contribution in [-0.4, -0.2) is 26.8 Å². The first-order chi connectivity index (χ1) is 14.1. The number of carbonyl (C=O) groups is 1. The molecular weight excluding hydrogens is 388 g/mol. The topological polar surface area (TPSA) is 35.5 Å². The molecule has 0 amide bonds. The van der Waals surface area contributed by atoms with E-state index in [9.17, 15) is 4.79 Å². The first-order valence-corrected chi connectivity index (χ1v) is 13.4. The van der Waals surface area contributed by atoms with E-state index in [1.54, 1.807) is 0 Å². The lowest BCUT2D eigenvalue weighted by molar-refractivity contribution is 0.0919. The molecule has 4 heteroatoms. The SMILES string of the molecule is CC(O[Si](C)(C)C(C)(C)C)C1=CC(c2ccccc2)=C(C(=O)c2ccccc2)OC1. The highest BCUT2D eigenvalue weighted by Crippen LogP contribution is 2.39. The zero-order chi connectivity index (χ0) is 21.9. The van der Waals surface area contributed by atoms with Crippen molar-refractivity contribution in [2.45, 2.75) is 51.9 Å². The van der Waals surface area contributed by atoms with Crippen molar-refractivity contribution in [3.63, 3.8) is 0 Å². The Bertz CT molecular complexity index is 951. The van der Waals surface area contributed by atoms with E-state index in [0.717, 1.165) is 16.7 Å². The summed E-state index contributed by atoms with van der Waals surface area (Å²) in [5.41, 5.74) is 3.47. The standard InChI is InChI=1S/C26H32O3Si/c1-19(29-30(5,6)26(2,3)4)22-17-23(20-13-9-7-10-14-20)25(28-18-22)24(27)21-15-11-8-12-16-21/h7-17,19H,18H2,1-6H3. The molecule has 0 aromatic heterocycles. The van der Waals surface area contributed by atoms with Gasteiger partial charge in [0.2, 0.25) is 5.78 Å². The van der Waals surface area contributed by atoms with E-state index in [1.165, 1.54) is 0 Å². The van der Waals surface area contributed by atoms with Crippen LogP contribution in [0.4, 0.5) is 0 Å². The highest BCUT2D eigenvalue weighted by Gasteiger charge is 2.39. The lowest BCUT2D eigenvalue weighted by atomic mass is 9.95. The largest absolute Gasteiger partial charge is 0.484 e. The molecule has 0 N–H and O–H groups in total. The summed E-state index contributed by atoms with van der Waals surface area (Å²) in [4.78, 5) is 13.2. The molecule has 2 aromatic rings. The zero-order valence-corrected chi connectivity index (χ0v) is 19.9. The van der Waals surface area contributed by atoms with Gasteiger partial charge in [-0.15, -0.1) is 0 Å². The van der Waals surface area contributed by atoms with Gasteiger partial charge in [-0.05, 0) is 42.3 Å². The van der Waals surface area contributed by atoms with Gasteiger partial charge in [-0.1, -0.05) is 81.4 Å². The summed E-state index contributed by atoms with van der Waals surface area (Å²) >= 11 is 0. The summed E-state index contributed by atoms with van der Waals surface area (Å²) in [7, 11) is -1.92. The van der Waals surface area contributed by atoms with E-state index >= 15 is 0 Å². The number of benzene rings is 2. The molecule has 1 atom stereocenters. The summed E-state index contributed by atoms with van der Waals surface area (Å²) in [6.07, 6.45) is 2.02. The van der Waals surface area contributed by atoms with Crippen molar-refractivity contribution in [1.82, 2.24) is 0 Å². The quantitative estimate of drug-likeness (QED) is 0.388. The van der Waals surface area contributed by atoms with Gasteiger partial charge in [0.1, 0.15) is 6.61 Å². The fourth-order valence-corrected chi connectivity index (χ4v) is 4.58. The van der Waals surface area contributed by atoms with Crippen LogP contribution in [0, 0.1) is 0 Å². The van der Waals surface area contributed by atoms with Crippen LogP contribution in [0.3, 0.4) is 0 Å². The molecule has 0 spiro atoms. The van der Waals surface area contributed by atoms with E-state index in [2.05, 4.69) is 46.9 Å². The average molecular weight is 421 g/mol. The molecule has 1 unspecified atom stereocenters. The van der Waals surface area contributed by atoms with Crippen molar-refractivity contribution in [2.24, 2.45) is 0 Å². The molecule has 3 nitrogen and oxygen atoms in total. The third-order valence-electron chi connectivity index (χ3n) is 6.08. The van der Waals surface area contributed by atoms with E-state index < -0.39 is 8.32 Å². The molecule has 1 aliphatic rings. The van der Waals surface area contributed by atoms with Gasteiger partial charge in [-0.25, -0.2) is 0 Å². The molecule has 0 aliphatic carbocycles. The van der Waals surface area contributed by atoms with E-state index in [0.29, 0.717) is 17.9 Å². The van der Waals surface area contributed by atoms with Crippen molar-refractivity contribution in [3.05, 3.63) is 89.2 Å². The van der Waals surface area contributed by atoms with Gasteiger partial charge in [0.15, 0.2) is 14.1 Å². The van der Waals surface area contributed by atoms with Crippen molar-refractivity contribution in [3.8, 4) is 0 Å². The maximum atomic E-state index is 13.2. The third kappa shape index (κ3) is 4.82. The van der Waals surface area contributed by atoms with Crippen LogP contribution in [0.25, 0.3) is 5.57 Å². The molecule has 0 saturated heterocycles. The van der Waals surface area contributed by atoms with Crippen LogP contribution >= 0.6 is 0 Å². The predicted octanol–water partition coefficient (Wildman–Crippen LogP) is 6.65. The molecule has 2 aromatic carbocycles. The van der Waals surface area contributed by atoms with Gasteiger partial charge in [-0.3, -0.25) is 4.79 Å². The minimum absolute atomic E-state index is 0.0713. The van der Waals surface area contributed by atoms with Crippen LogP contribution < -0.4 is 0 Å². The van der Waals surface area contributed by atoms with E-state index in [-0.39, 0.29) is 16.9 Å². The second-order valence-corrected chi connectivity index (χ2v) is 14.1. The number of allylic oxidation sites excluding steroid dienone is 3. The molecule has 3 rings (SSSR count). The molecule has 158 valence electrons. The molecule has 30 heavy (non-hydrogen) atoms. The second kappa shape index (κ2) is 8.74. The molecule has 0 saturated carbocycles. The Morgan fingerprint density at radius 2 is 1.57 bits per heavy atom. The number of Topliss-reactive ketones (excluding diaryl/α,β-unsaturated/α-hetero) is 1. The Morgan fingerprint density at radius 1 is 1.00 bits per heavy atom. The Kier molecular flexibility index (Phi) is 6.49. The van der Waals surface area contributed by atoms with Crippen molar-refractivity contribution in [2.75, 3.05) is 6.61 Å². The molecule has 0 fully saturated rings. The highest BCUT2D eigenvalue weighted by molar-refractivity contribution is 6.74. The zero-order valence-electron chi connectivity index (χ0n) is 18.9. The Labute approximate surface area is 181 Å². The number of hydrogen-bond donors (Lipinski definition) is 0. The average Bonchev–Trinajstić information content (AvgIpc) is 2.73. The van der Waals surface area contributed by atoms with Crippen molar-refractivity contribution in [1.29, 1.82) is 0 Å². The lowest BCUT2D eigenvalue weighted by Gasteiger charge is -2.39. The van der Waals surface area contributed by atoms with Gasteiger partial charge in [-0.2, -0.15) is 0 Å². The Hall–Kier alpha value is -2.43. The maximum Gasteiger partial charge on any atom is 0.228 e. The minimum Gasteiger partial charge on any atom is -0.484 e. The van der Waals surface area contributed by atoms with Crippen molar-refractivity contribution < 1.29 is 14.0 Å². The van der Waals surface area contributed by atoms with Gasteiger partial charge in [0.05, 0.1) is 6.10 Å². The van der Waals surface area contributed by atoms with Gasteiger partial charge in [0.25, 0.3) is 0 Å². The monoisotopic (exact) mass is 420 g/mol. The highest BCUT2D eigenvalue weighted by atomic mass is 28.4. The number of ketones is 1. The van der Waals surface area contributed by atoms with Crippen LogP contribution in [0.1, 0.15) is 43.6 Å². The fraction of sp³-hybridized carbons (Fsp3) is 0.346. The maximum absolute atomic E-state index is 13.2. The van der Waals surface area contributed by atoms with Crippen LogP contribution in [0.15, 0.2) is 78.1 Å². The number of hydrogen-bond acceptors (Lipinski definition) is 3. The van der Waals surface area contributed by atoms with Crippen molar-refractivity contribution >= 4 is 19.7 Å². The normalized spacial score (nSPS) is 16.0. The minimum atomic E-state index is -1.92. The summed E-state index contributed by atoms with van der Waals surface area (Å²) in [5.74, 6) is 0.304. The summed E-state index contributed by atoms with van der Waals surface area (Å²) in [5, 5.41) is 0.129. The van der Waals surface area contributed by atoms with Crippen LogP contribution in [0.5, 0.6) is 0 Å². The Balaban J connectivity index is 2.00. The number of carbonyl (C=O) groups excluding carboxylic acids is 1. The molecule has 1 aliphatic heterocycles. The first kappa shape index (κ1) is 22.3. The lowest BCUT2D eigenvalue weighted by Crippen LogP contribution is -2.44. The number of rotatable bonds is 6. The summed E-state index contributed by atoms with van der Waals surface area (Å²) in [6.45, 7) is 13.7. The second-order valence-electron chi connectivity index (χ2n) is 9.33. The first-order valence-electron chi connectivity index (χ1n) is 10.5. The number of ether oxygens (including phenoxy) is 1.